The van der Waals surface area contributed by atoms with Crippen molar-refractivity contribution in [2.75, 3.05) is 26.2 Å². The summed E-state index contributed by atoms with van der Waals surface area (Å²) in [4.78, 5) is 16.6. The highest BCUT2D eigenvalue weighted by atomic mass is 16.2. The van der Waals surface area contributed by atoms with Gasteiger partial charge in [0.2, 0.25) is 5.91 Å². The summed E-state index contributed by atoms with van der Waals surface area (Å²) in [6, 6.07) is 1.15. The minimum atomic E-state index is 0.301. The van der Waals surface area contributed by atoms with E-state index in [-0.39, 0.29) is 0 Å². The molecule has 0 spiro atoms. The molecule has 0 bridgehead atoms. The molecule has 17 heavy (non-hydrogen) atoms. The second kappa shape index (κ2) is 5.83. The quantitative estimate of drug-likeness (QED) is 0.715. The summed E-state index contributed by atoms with van der Waals surface area (Å²) in [6.45, 7) is 5.02. The average molecular weight is 239 g/mol. The monoisotopic (exact) mass is 239 g/mol. The molecular formula is C13H25N3O. The van der Waals surface area contributed by atoms with Gasteiger partial charge in [0, 0.05) is 31.7 Å². The molecule has 0 unspecified atom stereocenters. The summed E-state index contributed by atoms with van der Waals surface area (Å²) in [5.41, 5.74) is 5.64. The number of nitrogens with two attached hydrogens (primary N) is 1. The number of hydrogen-bond donors (Lipinski definition) is 1. The normalized spacial score (nSPS) is 20.4. The van der Waals surface area contributed by atoms with E-state index in [1.54, 1.807) is 0 Å². The molecule has 0 radical (unpaired) electrons. The van der Waals surface area contributed by atoms with Crippen molar-refractivity contribution < 1.29 is 4.79 Å². The fourth-order valence-corrected chi connectivity index (χ4v) is 2.60. The molecule has 98 valence electrons. The smallest absolute Gasteiger partial charge is 0.236 e. The number of hydrogen-bond acceptors (Lipinski definition) is 3. The number of carbonyl (C=O) groups excluding carboxylic acids is 1. The van der Waals surface area contributed by atoms with Crippen LogP contribution in [0.3, 0.4) is 0 Å². The lowest BCUT2D eigenvalue weighted by atomic mass is 9.91. The Bertz CT molecular complexity index is 261. The first-order valence-corrected chi connectivity index (χ1v) is 6.99. The van der Waals surface area contributed by atoms with Gasteiger partial charge in [-0.2, -0.15) is 0 Å². The first-order valence-electron chi connectivity index (χ1n) is 6.99. The van der Waals surface area contributed by atoms with E-state index in [1.807, 2.05) is 4.90 Å². The Morgan fingerprint density at radius 2 is 1.94 bits per heavy atom. The highest BCUT2D eigenvalue weighted by molar-refractivity contribution is 5.79. The van der Waals surface area contributed by atoms with Gasteiger partial charge in [0.25, 0.3) is 0 Å². The topological polar surface area (TPSA) is 49.6 Å². The van der Waals surface area contributed by atoms with Crippen LogP contribution in [0.2, 0.25) is 0 Å². The molecule has 1 amide bonds. The van der Waals surface area contributed by atoms with Crippen molar-refractivity contribution in [2.45, 2.75) is 51.1 Å². The summed E-state index contributed by atoms with van der Waals surface area (Å²) in [7, 11) is 0. The van der Waals surface area contributed by atoms with E-state index in [9.17, 15) is 4.79 Å². The maximum Gasteiger partial charge on any atom is 0.236 e. The Morgan fingerprint density at radius 1 is 1.24 bits per heavy atom. The lowest BCUT2D eigenvalue weighted by molar-refractivity contribution is -0.133. The molecular weight excluding hydrogens is 214 g/mol. The van der Waals surface area contributed by atoms with E-state index in [0.29, 0.717) is 31.1 Å². The van der Waals surface area contributed by atoms with Crippen LogP contribution < -0.4 is 5.73 Å². The molecule has 2 fully saturated rings. The molecule has 0 saturated heterocycles. The molecule has 4 heteroatoms. The van der Waals surface area contributed by atoms with E-state index >= 15 is 0 Å². The molecule has 0 aromatic carbocycles. The second-order valence-corrected chi connectivity index (χ2v) is 5.25. The molecule has 0 aromatic heterocycles. The van der Waals surface area contributed by atoms with Crippen molar-refractivity contribution in [2.24, 2.45) is 5.73 Å². The summed E-state index contributed by atoms with van der Waals surface area (Å²) in [6.07, 6.45) is 6.17. The highest BCUT2D eigenvalue weighted by Gasteiger charge is 2.33. The zero-order chi connectivity index (χ0) is 12.3. The molecule has 0 atom stereocenters. The van der Waals surface area contributed by atoms with Crippen LogP contribution >= 0.6 is 0 Å². The van der Waals surface area contributed by atoms with E-state index < -0.39 is 0 Å². The van der Waals surface area contributed by atoms with Crippen molar-refractivity contribution in [3.05, 3.63) is 0 Å². The van der Waals surface area contributed by atoms with E-state index in [0.717, 1.165) is 13.1 Å². The Kier molecular flexibility index (Phi) is 4.40. The van der Waals surface area contributed by atoms with Gasteiger partial charge < -0.3 is 10.6 Å². The van der Waals surface area contributed by atoms with E-state index in [4.69, 9.17) is 5.73 Å². The van der Waals surface area contributed by atoms with Gasteiger partial charge in [-0.1, -0.05) is 6.42 Å². The minimum Gasteiger partial charge on any atom is -0.339 e. The van der Waals surface area contributed by atoms with Crippen LogP contribution in [0.25, 0.3) is 0 Å². The van der Waals surface area contributed by atoms with E-state index in [1.165, 1.54) is 32.1 Å². The lowest BCUT2D eigenvalue weighted by Gasteiger charge is -2.38. The summed E-state index contributed by atoms with van der Waals surface area (Å²) < 4.78 is 0. The Morgan fingerprint density at radius 3 is 2.35 bits per heavy atom. The van der Waals surface area contributed by atoms with Crippen LogP contribution in [0.15, 0.2) is 0 Å². The molecule has 2 aliphatic rings. The summed E-state index contributed by atoms with van der Waals surface area (Å²) >= 11 is 0. The van der Waals surface area contributed by atoms with Crippen LogP contribution in [0, 0.1) is 0 Å². The highest BCUT2D eigenvalue weighted by Crippen LogP contribution is 2.28. The third-order valence-electron chi connectivity index (χ3n) is 3.99. The van der Waals surface area contributed by atoms with Crippen molar-refractivity contribution in [1.82, 2.24) is 9.80 Å². The van der Waals surface area contributed by atoms with Crippen LogP contribution in [0.5, 0.6) is 0 Å². The molecule has 4 nitrogen and oxygen atoms in total. The maximum atomic E-state index is 12.2. The standard InChI is InChI=1S/C13H25N3O/c1-2-16(12-6-7-12)13(17)10-15(9-8-14)11-4-3-5-11/h11-12H,2-10,14H2,1H3. The van der Waals surface area contributed by atoms with Crippen molar-refractivity contribution >= 4 is 5.91 Å². The zero-order valence-corrected chi connectivity index (χ0v) is 10.9. The Labute approximate surface area is 104 Å². The summed E-state index contributed by atoms with van der Waals surface area (Å²) in [5, 5.41) is 0. The maximum absolute atomic E-state index is 12.2. The van der Waals surface area contributed by atoms with Gasteiger partial charge in [0.1, 0.15) is 0 Å². The van der Waals surface area contributed by atoms with Crippen LogP contribution in [0.1, 0.15) is 39.0 Å². The molecule has 0 heterocycles. The van der Waals surface area contributed by atoms with Gasteiger partial charge in [-0.15, -0.1) is 0 Å². The number of likely N-dealkylation sites (N-methyl/N-ethyl adjacent to an activating group) is 1. The Hall–Kier alpha value is -0.610. The fraction of sp³-hybridized carbons (Fsp3) is 0.923. The minimum absolute atomic E-state index is 0.301. The first-order chi connectivity index (χ1) is 8.26. The largest absolute Gasteiger partial charge is 0.339 e. The molecule has 2 saturated carbocycles. The third-order valence-corrected chi connectivity index (χ3v) is 3.99. The van der Waals surface area contributed by atoms with Gasteiger partial charge >= 0.3 is 0 Å². The predicted molar refractivity (Wildman–Crippen MR) is 68.7 cm³/mol. The van der Waals surface area contributed by atoms with Crippen LogP contribution in [0.4, 0.5) is 0 Å². The SMILES string of the molecule is CCN(C(=O)CN(CCN)C1CCC1)C1CC1. The molecule has 0 aliphatic heterocycles. The zero-order valence-electron chi connectivity index (χ0n) is 10.9. The van der Waals surface area contributed by atoms with Gasteiger partial charge in [0.15, 0.2) is 0 Å². The Balaban J connectivity index is 1.84. The number of nitrogens with zero attached hydrogens (tertiary/aromatic N) is 2. The van der Waals surface area contributed by atoms with Crippen LogP contribution in [-0.2, 0) is 4.79 Å². The lowest BCUT2D eigenvalue weighted by Crippen LogP contribution is -2.49. The van der Waals surface area contributed by atoms with Gasteiger partial charge in [-0.3, -0.25) is 9.69 Å². The third kappa shape index (κ3) is 3.19. The molecule has 2 rings (SSSR count). The first kappa shape index (κ1) is 12.8. The molecule has 0 aromatic rings. The molecule has 2 N–H and O–H groups in total. The summed E-state index contributed by atoms with van der Waals surface area (Å²) in [5.74, 6) is 0.301. The molecule has 2 aliphatic carbocycles. The van der Waals surface area contributed by atoms with E-state index in [2.05, 4.69) is 11.8 Å². The number of carbonyl (C=O) groups is 1. The van der Waals surface area contributed by atoms with Crippen LogP contribution in [-0.4, -0.2) is 54.0 Å². The van der Waals surface area contributed by atoms with Gasteiger partial charge in [-0.05, 0) is 32.6 Å². The number of amides is 1. The average Bonchev–Trinajstić information content (AvgIpc) is 3.00. The second-order valence-electron chi connectivity index (χ2n) is 5.25. The van der Waals surface area contributed by atoms with Crippen molar-refractivity contribution in [1.29, 1.82) is 0 Å². The fourth-order valence-electron chi connectivity index (χ4n) is 2.60. The van der Waals surface area contributed by atoms with Gasteiger partial charge in [-0.25, -0.2) is 0 Å². The predicted octanol–water partition coefficient (Wildman–Crippen LogP) is 0.811. The van der Waals surface area contributed by atoms with Crippen molar-refractivity contribution in [3.63, 3.8) is 0 Å². The van der Waals surface area contributed by atoms with Crippen molar-refractivity contribution in [3.8, 4) is 0 Å². The number of rotatable bonds is 7. The van der Waals surface area contributed by atoms with Gasteiger partial charge in [0.05, 0.1) is 6.54 Å².